The second-order valence-corrected chi connectivity index (χ2v) is 7.76. The summed E-state index contributed by atoms with van der Waals surface area (Å²) in [5.41, 5.74) is 5.71. The summed E-state index contributed by atoms with van der Waals surface area (Å²) in [5, 5.41) is 0.759. The minimum absolute atomic E-state index is 0.235. The van der Waals surface area contributed by atoms with Crippen LogP contribution in [-0.4, -0.2) is 15.0 Å². The fourth-order valence-corrected chi connectivity index (χ4v) is 4.97. The summed E-state index contributed by atoms with van der Waals surface area (Å²) in [6, 6.07) is 7.51. The molecular weight excluding hydrogens is 292 g/mol. The molecule has 0 aliphatic heterocycles. The Hall–Kier alpha value is -0.950. The quantitative estimate of drug-likeness (QED) is 0.861. The molecule has 3 N–H and O–H groups in total. The maximum Gasteiger partial charge on any atom is 0.242 e. The van der Waals surface area contributed by atoms with Crippen LogP contribution in [0.4, 0.5) is 0 Å². The molecule has 0 fully saturated rings. The molecule has 0 saturated carbocycles. The van der Waals surface area contributed by atoms with Crippen LogP contribution in [0.15, 0.2) is 29.2 Å². The molecule has 2 aromatic rings. The van der Waals surface area contributed by atoms with Crippen LogP contribution in [0.5, 0.6) is 0 Å². The lowest BCUT2D eigenvalue weighted by Crippen LogP contribution is -2.29. The van der Waals surface area contributed by atoms with Crippen LogP contribution in [0.3, 0.4) is 0 Å². The van der Waals surface area contributed by atoms with E-state index in [0.29, 0.717) is 22.2 Å². The molecule has 0 saturated heterocycles. The Morgan fingerprint density at radius 2 is 2.05 bits per heavy atom. The molecule has 4 nitrogen and oxygen atoms in total. The van der Waals surface area contributed by atoms with Crippen molar-refractivity contribution in [1.82, 2.24) is 4.72 Å². The van der Waals surface area contributed by atoms with Crippen molar-refractivity contribution in [3.8, 4) is 0 Å². The molecule has 6 heteroatoms. The number of sulfonamides is 1. The van der Waals surface area contributed by atoms with Gasteiger partial charge in [-0.15, -0.1) is 11.3 Å². The van der Waals surface area contributed by atoms with Gasteiger partial charge in [0.25, 0.3) is 0 Å². The van der Waals surface area contributed by atoms with Gasteiger partial charge in [0, 0.05) is 28.1 Å². The number of thiophene rings is 1. The lowest BCUT2D eigenvalue weighted by molar-refractivity contribution is 0.528. The minimum atomic E-state index is -3.51. The molecule has 1 atom stereocenters. The summed E-state index contributed by atoms with van der Waals surface area (Å²) in [7, 11) is -3.51. The van der Waals surface area contributed by atoms with Crippen molar-refractivity contribution in [2.75, 3.05) is 6.54 Å². The number of nitrogens with two attached hydrogens (primary N) is 1. The first kappa shape index (κ1) is 15.4. The molecule has 0 aliphatic rings. The summed E-state index contributed by atoms with van der Waals surface area (Å²) in [5.74, 6) is 0.316. The Bertz CT molecular complexity index is 692. The van der Waals surface area contributed by atoms with Crippen LogP contribution < -0.4 is 10.5 Å². The molecular formula is C14H20N2O2S2. The maximum absolute atomic E-state index is 12.5. The van der Waals surface area contributed by atoms with Gasteiger partial charge in [0.2, 0.25) is 10.0 Å². The molecule has 110 valence electrons. The number of benzene rings is 1. The van der Waals surface area contributed by atoms with E-state index in [0.717, 1.165) is 16.5 Å². The van der Waals surface area contributed by atoms with Crippen molar-refractivity contribution in [2.24, 2.45) is 11.7 Å². The maximum atomic E-state index is 12.5. The highest BCUT2D eigenvalue weighted by Gasteiger charge is 2.23. The SMILES string of the molecule is CCC(C)CNS(=O)(=O)c1c(CN)sc2ccccc12. The van der Waals surface area contributed by atoms with Crippen LogP contribution >= 0.6 is 11.3 Å². The molecule has 1 aromatic carbocycles. The van der Waals surface area contributed by atoms with Crippen LogP contribution in [0.25, 0.3) is 10.1 Å². The van der Waals surface area contributed by atoms with E-state index in [9.17, 15) is 8.42 Å². The summed E-state index contributed by atoms with van der Waals surface area (Å²) >= 11 is 1.45. The predicted molar refractivity (Wildman–Crippen MR) is 84.4 cm³/mol. The highest BCUT2D eigenvalue weighted by Crippen LogP contribution is 2.34. The number of rotatable bonds is 6. The number of fused-ring (bicyclic) bond motifs is 1. The van der Waals surface area contributed by atoms with Gasteiger partial charge < -0.3 is 5.73 Å². The Morgan fingerprint density at radius 1 is 1.35 bits per heavy atom. The lowest BCUT2D eigenvalue weighted by Gasteiger charge is -2.11. The highest BCUT2D eigenvalue weighted by atomic mass is 32.2. The van der Waals surface area contributed by atoms with Gasteiger partial charge in [-0.1, -0.05) is 38.5 Å². The van der Waals surface area contributed by atoms with Gasteiger partial charge in [-0.3, -0.25) is 0 Å². The monoisotopic (exact) mass is 312 g/mol. The van der Waals surface area contributed by atoms with Crippen molar-refractivity contribution in [1.29, 1.82) is 0 Å². The number of hydrogen-bond donors (Lipinski definition) is 2. The average Bonchev–Trinajstić information content (AvgIpc) is 2.84. The van der Waals surface area contributed by atoms with Crippen LogP contribution in [0.2, 0.25) is 0 Å². The third kappa shape index (κ3) is 3.03. The fourth-order valence-electron chi connectivity index (χ4n) is 1.97. The highest BCUT2D eigenvalue weighted by molar-refractivity contribution is 7.90. The Kier molecular flexibility index (Phi) is 4.80. The van der Waals surface area contributed by atoms with E-state index in [4.69, 9.17) is 5.73 Å². The first-order valence-corrected chi connectivity index (χ1v) is 8.99. The fraction of sp³-hybridized carbons (Fsp3) is 0.429. The standard InChI is InChI=1S/C14H20N2O2S2/c1-3-10(2)9-16-20(17,18)14-11-6-4-5-7-12(11)19-13(14)8-15/h4-7,10,16H,3,8-9,15H2,1-2H3. The molecule has 1 aromatic heterocycles. The summed E-state index contributed by atoms with van der Waals surface area (Å²) in [6.45, 7) is 4.76. The van der Waals surface area contributed by atoms with E-state index < -0.39 is 10.0 Å². The third-order valence-corrected chi connectivity index (χ3v) is 6.26. The van der Waals surface area contributed by atoms with Gasteiger partial charge in [0.05, 0.1) is 0 Å². The van der Waals surface area contributed by atoms with Crippen LogP contribution in [-0.2, 0) is 16.6 Å². The molecule has 0 spiro atoms. The van der Waals surface area contributed by atoms with E-state index in [1.165, 1.54) is 11.3 Å². The van der Waals surface area contributed by atoms with Crippen molar-refractivity contribution >= 4 is 31.4 Å². The molecule has 1 heterocycles. The van der Waals surface area contributed by atoms with Crippen molar-refractivity contribution < 1.29 is 8.42 Å². The van der Waals surface area contributed by atoms with E-state index in [-0.39, 0.29) is 6.54 Å². The zero-order chi connectivity index (χ0) is 14.8. The van der Waals surface area contributed by atoms with Crippen molar-refractivity contribution in [3.63, 3.8) is 0 Å². The summed E-state index contributed by atoms with van der Waals surface area (Å²) in [4.78, 5) is 1.06. The first-order chi connectivity index (χ1) is 9.49. The second kappa shape index (κ2) is 6.22. The van der Waals surface area contributed by atoms with Gasteiger partial charge >= 0.3 is 0 Å². The van der Waals surface area contributed by atoms with Gasteiger partial charge in [-0.25, -0.2) is 13.1 Å². The van der Waals surface area contributed by atoms with E-state index >= 15 is 0 Å². The molecule has 20 heavy (non-hydrogen) atoms. The molecule has 0 radical (unpaired) electrons. The normalized spacial score (nSPS) is 13.8. The second-order valence-electron chi connectivity index (χ2n) is 4.92. The molecule has 1 unspecified atom stereocenters. The minimum Gasteiger partial charge on any atom is -0.326 e. The number of hydrogen-bond acceptors (Lipinski definition) is 4. The smallest absolute Gasteiger partial charge is 0.242 e. The topological polar surface area (TPSA) is 72.2 Å². The third-order valence-electron chi connectivity index (χ3n) is 3.39. The molecule has 0 amide bonds. The predicted octanol–water partition coefficient (Wildman–Crippen LogP) is 2.68. The van der Waals surface area contributed by atoms with Crippen LogP contribution in [0, 0.1) is 5.92 Å². The largest absolute Gasteiger partial charge is 0.326 e. The molecule has 0 bridgehead atoms. The van der Waals surface area contributed by atoms with Crippen molar-refractivity contribution in [2.45, 2.75) is 31.7 Å². The Morgan fingerprint density at radius 3 is 2.70 bits per heavy atom. The zero-order valence-corrected chi connectivity index (χ0v) is 13.4. The lowest BCUT2D eigenvalue weighted by atomic mass is 10.1. The van der Waals surface area contributed by atoms with Gasteiger partial charge in [0.15, 0.2) is 0 Å². The van der Waals surface area contributed by atoms with Gasteiger partial charge in [-0.2, -0.15) is 0 Å². The van der Waals surface area contributed by atoms with E-state index in [1.807, 2.05) is 38.1 Å². The Balaban J connectivity index is 2.45. The molecule has 0 aliphatic carbocycles. The van der Waals surface area contributed by atoms with E-state index in [1.54, 1.807) is 0 Å². The summed E-state index contributed by atoms with van der Waals surface area (Å²) in [6.07, 6.45) is 0.941. The Labute approximate surface area is 124 Å². The average molecular weight is 312 g/mol. The number of nitrogens with one attached hydrogen (secondary N) is 1. The zero-order valence-electron chi connectivity index (χ0n) is 11.7. The summed E-state index contributed by atoms with van der Waals surface area (Å²) < 4.78 is 28.8. The molecule has 2 rings (SSSR count). The first-order valence-electron chi connectivity index (χ1n) is 6.69. The van der Waals surface area contributed by atoms with Gasteiger partial charge in [-0.05, 0) is 12.0 Å². The van der Waals surface area contributed by atoms with Crippen molar-refractivity contribution in [3.05, 3.63) is 29.1 Å². The van der Waals surface area contributed by atoms with E-state index in [2.05, 4.69) is 4.72 Å². The van der Waals surface area contributed by atoms with Gasteiger partial charge in [0.1, 0.15) is 4.90 Å². The van der Waals surface area contributed by atoms with Crippen LogP contribution in [0.1, 0.15) is 25.1 Å².